The second-order valence-corrected chi connectivity index (χ2v) is 6.54. The SMILES string of the molecule is Cc1cc(Cl)ccc1-n1cc(-c2cnn(C)c2)c2c(ncn2C)c1=O. The minimum atomic E-state index is -0.159. The van der Waals surface area contributed by atoms with Gasteiger partial charge >= 0.3 is 0 Å². The van der Waals surface area contributed by atoms with E-state index in [2.05, 4.69) is 10.1 Å². The maximum Gasteiger partial charge on any atom is 0.283 e. The first-order chi connectivity index (χ1) is 12.0. The first-order valence-corrected chi connectivity index (χ1v) is 8.15. The van der Waals surface area contributed by atoms with Crippen molar-refractivity contribution in [1.82, 2.24) is 23.9 Å². The van der Waals surface area contributed by atoms with E-state index in [1.165, 1.54) is 0 Å². The highest BCUT2D eigenvalue weighted by molar-refractivity contribution is 6.30. The van der Waals surface area contributed by atoms with E-state index in [0.717, 1.165) is 27.9 Å². The second kappa shape index (κ2) is 5.60. The predicted molar refractivity (Wildman–Crippen MR) is 98.3 cm³/mol. The molecule has 0 saturated heterocycles. The third-order valence-corrected chi connectivity index (χ3v) is 4.54. The van der Waals surface area contributed by atoms with Crippen molar-refractivity contribution in [2.45, 2.75) is 6.92 Å². The van der Waals surface area contributed by atoms with Gasteiger partial charge in [-0.2, -0.15) is 5.10 Å². The molecule has 0 amide bonds. The van der Waals surface area contributed by atoms with E-state index < -0.39 is 0 Å². The van der Waals surface area contributed by atoms with Crippen LogP contribution < -0.4 is 5.56 Å². The number of benzene rings is 1. The Morgan fingerprint density at radius 3 is 2.64 bits per heavy atom. The number of hydrogen-bond acceptors (Lipinski definition) is 3. The van der Waals surface area contributed by atoms with Gasteiger partial charge in [0.05, 0.1) is 23.7 Å². The van der Waals surface area contributed by atoms with E-state index >= 15 is 0 Å². The molecule has 0 radical (unpaired) electrons. The topological polar surface area (TPSA) is 57.6 Å². The summed E-state index contributed by atoms with van der Waals surface area (Å²) in [5, 5.41) is 4.89. The van der Waals surface area contributed by atoms with Crippen LogP contribution in [0.2, 0.25) is 5.02 Å². The number of aromatic nitrogens is 5. The average molecular weight is 354 g/mol. The molecule has 3 heterocycles. The van der Waals surface area contributed by atoms with Gasteiger partial charge in [0.2, 0.25) is 0 Å². The van der Waals surface area contributed by atoms with Crippen molar-refractivity contribution in [3.63, 3.8) is 0 Å². The van der Waals surface area contributed by atoms with Crippen molar-refractivity contribution < 1.29 is 0 Å². The Morgan fingerprint density at radius 2 is 1.96 bits per heavy atom. The Bertz CT molecular complexity index is 1170. The summed E-state index contributed by atoms with van der Waals surface area (Å²) in [6.07, 6.45) is 7.21. The number of fused-ring (bicyclic) bond motifs is 1. The summed E-state index contributed by atoms with van der Waals surface area (Å²) in [5.74, 6) is 0. The lowest BCUT2D eigenvalue weighted by Gasteiger charge is -2.12. The van der Waals surface area contributed by atoms with Crippen molar-refractivity contribution in [3.05, 3.63) is 64.1 Å². The van der Waals surface area contributed by atoms with E-state index in [1.807, 2.05) is 50.1 Å². The van der Waals surface area contributed by atoms with E-state index in [0.29, 0.717) is 10.5 Å². The van der Waals surface area contributed by atoms with Crippen molar-refractivity contribution in [2.75, 3.05) is 0 Å². The molecule has 126 valence electrons. The fraction of sp³-hybridized carbons (Fsp3) is 0.167. The first-order valence-electron chi connectivity index (χ1n) is 7.78. The number of rotatable bonds is 2. The number of aryl methyl sites for hydroxylation is 3. The molecule has 0 saturated carbocycles. The van der Waals surface area contributed by atoms with Gasteiger partial charge in [0, 0.05) is 42.6 Å². The maximum absolute atomic E-state index is 13.0. The van der Waals surface area contributed by atoms with Gasteiger partial charge in [0.15, 0.2) is 5.52 Å². The smallest absolute Gasteiger partial charge is 0.283 e. The number of imidazole rings is 1. The zero-order chi connectivity index (χ0) is 17.7. The number of nitrogens with zero attached hydrogens (tertiary/aromatic N) is 5. The fourth-order valence-corrected chi connectivity index (χ4v) is 3.33. The lowest BCUT2D eigenvalue weighted by molar-refractivity contribution is 0.768. The van der Waals surface area contributed by atoms with Crippen LogP contribution in [0.1, 0.15) is 5.56 Å². The molecule has 0 aliphatic carbocycles. The molecular weight excluding hydrogens is 338 g/mol. The summed E-state index contributed by atoms with van der Waals surface area (Å²) in [4.78, 5) is 17.3. The van der Waals surface area contributed by atoms with Gasteiger partial charge < -0.3 is 4.57 Å². The molecule has 6 nitrogen and oxygen atoms in total. The molecule has 0 spiro atoms. The van der Waals surface area contributed by atoms with E-state index in [1.54, 1.807) is 27.8 Å². The highest BCUT2D eigenvalue weighted by Gasteiger charge is 2.17. The third-order valence-electron chi connectivity index (χ3n) is 4.31. The maximum atomic E-state index is 13.0. The second-order valence-electron chi connectivity index (χ2n) is 6.10. The fourth-order valence-electron chi connectivity index (χ4n) is 3.11. The summed E-state index contributed by atoms with van der Waals surface area (Å²) in [5.41, 5.74) is 4.59. The predicted octanol–water partition coefficient (Wildman–Crippen LogP) is 3.09. The molecule has 1 aromatic carbocycles. The van der Waals surface area contributed by atoms with Crippen molar-refractivity contribution >= 4 is 22.6 Å². The molecule has 0 atom stereocenters. The van der Waals surface area contributed by atoms with Gasteiger partial charge in [0.1, 0.15) is 0 Å². The normalized spacial score (nSPS) is 11.4. The Hall–Kier alpha value is -2.86. The monoisotopic (exact) mass is 353 g/mol. The molecule has 0 bridgehead atoms. The summed E-state index contributed by atoms with van der Waals surface area (Å²) < 4.78 is 5.22. The minimum Gasteiger partial charge on any atom is -0.333 e. The van der Waals surface area contributed by atoms with Crippen LogP contribution in [0.3, 0.4) is 0 Å². The van der Waals surface area contributed by atoms with Crippen LogP contribution >= 0.6 is 11.6 Å². The Kier molecular flexibility index (Phi) is 3.51. The van der Waals surface area contributed by atoms with E-state index in [-0.39, 0.29) is 5.56 Å². The zero-order valence-electron chi connectivity index (χ0n) is 14.1. The molecule has 0 N–H and O–H groups in total. The molecule has 0 aliphatic rings. The van der Waals surface area contributed by atoms with Gasteiger partial charge in [0.25, 0.3) is 5.56 Å². The van der Waals surface area contributed by atoms with Crippen molar-refractivity contribution in [3.8, 4) is 16.8 Å². The number of hydrogen-bond donors (Lipinski definition) is 0. The third kappa shape index (κ3) is 2.46. The highest BCUT2D eigenvalue weighted by atomic mass is 35.5. The van der Waals surface area contributed by atoms with Crippen LogP contribution in [0.4, 0.5) is 0 Å². The van der Waals surface area contributed by atoms with Crippen molar-refractivity contribution in [1.29, 1.82) is 0 Å². The number of pyridine rings is 1. The van der Waals surface area contributed by atoms with Crippen LogP contribution in [0, 0.1) is 6.92 Å². The van der Waals surface area contributed by atoms with E-state index in [4.69, 9.17) is 11.6 Å². The summed E-state index contributed by atoms with van der Waals surface area (Å²) >= 11 is 6.06. The molecule has 0 fully saturated rings. The summed E-state index contributed by atoms with van der Waals surface area (Å²) in [7, 11) is 3.75. The van der Waals surface area contributed by atoms with Crippen LogP contribution in [-0.4, -0.2) is 23.9 Å². The van der Waals surface area contributed by atoms with Crippen LogP contribution in [-0.2, 0) is 14.1 Å². The molecule has 0 aliphatic heterocycles. The zero-order valence-corrected chi connectivity index (χ0v) is 14.8. The molecule has 25 heavy (non-hydrogen) atoms. The quantitative estimate of drug-likeness (QED) is 0.556. The van der Waals surface area contributed by atoms with Crippen LogP contribution in [0.15, 0.2) is 47.9 Å². The first kappa shape index (κ1) is 15.7. The molecule has 7 heteroatoms. The number of halogens is 1. The van der Waals surface area contributed by atoms with Gasteiger partial charge in [-0.15, -0.1) is 0 Å². The van der Waals surface area contributed by atoms with Gasteiger partial charge in [-0.05, 0) is 30.7 Å². The largest absolute Gasteiger partial charge is 0.333 e. The Labute approximate surface area is 148 Å². The molecule has 0 unspecified atom stereocenters. The van der Waals surface area contributed by atoms with E-state index in [9.17, 15) is 4.79 Å². The van der Waals surface area contributed by atoms with Crippen LogP contribution in [0.5, 0.6) is 0 Å². The summed E-state index contributed by atoms with van der Waals surface area (Å²) in [6.45, 7) is 1.93. The Morgan fingerprint density at radius 1 is 1.16 bits per heavy atom. The Balaban J connectivity index is 2.10. The lowest BCUT2D eigenvalue weighted by Crippen LogP contribution is -2.19. The molecule has 4 aromatic rings. The van der Waals surface area contributed by atoms with Gasteiger partial charge in [-0.1, -0.05) is 11.6 Å². The lowest BCUT2D eigenvalue weighted by atomic mass is 10.1. The highest BCUT2D eigenvalue weighted by Crippen LogP contribution is 2.27. The molecule has 4 rings (SSSR count). The summed E-state index contributed by atoms with van der Waals surface area (Å²) in [6, 6.07) is 5.47. The minimum absolute atomic E-state index is 0.159. The standard InChI is InChI=1S/C18H16ClN5O/c1-11-6-13(19)4-5-15(11)24-9-14(12-7-21-23(3)8-12)17-16(18(24)25)20-10-22(17)2/h4-10H,1-3H3. The van der Waals surface area contributed by atoms with Gasteiger partial charge in [-0.3, -0.25) is 14.0 Å². The molecule has 3 aromatic heterocycles. The molecular formula is C18H16ClN5O. The van der Waals surface area contributed by atoms with Crippen molar-refractivity contribution in [2.24, 2.45) is 14.1 Å². The average Bonchev–Trinajstić information content (AvgIpc) is 3.16. The van der Waals surface area contributed by atoms with Crippen LogP contribution in [0.25, 0.3) is 27.8 Å². The van der Waals surface area contributed by atoms with Gasteiger partial charge in [-0.25, -0.2) is 4.98 Å².